The van der Waals surface area contributed by atoms with Crippen LogP contribution in [0, 0.1) is 0 Å². The van der Waals surface area contributed by atoms with Gasteiger partial charge in [-0.2, -0.15) is 0 Å². The second-order valence-corrected chi connectivity index (χ2v) is 5.85. The van der Waals surface area contributed by atoms with Gasteiger partial charge in [0.05, 0.1) is 31.0 Å². The van der Waals surface area contributed by atoms with Crippen LogP contribution in [-0.2, 0) is 4.74 Å². The van der Waals surface area contributed by atoms with E-state index in [2.05, 4.69) is 20.9 Å². The van der Waals surface area contributed by atoms with Gasteiger partial charge in [0.1, 0.15) is 5.75 Å². The van der Waals surface area contributed by atoms with Gasteiger partial charge >= 0.3 is 5.97 Å². The number of hydrogen-bond donors (Lipinski definition) is 0. The summed E-state index contributed by atoms with van der Waals surface area (Å²) < 4.78 is 11.0. The zero-order valence-corrected chi connectivity index (χ0v) is 14.3. The van der Waals surface area contributed by atoms with Gasteiger partial charge in [-0.05, 0) is 48.5 Å². The molecule has 23 heavy (non-hydrogen) atoms. The Balaban J connectivity index is 2.21. The first kappa shape index (κ1) is 15.5. The van der Waals surface area contributed by atoms with Gasteiger partial charge in [-0.15, -0.1) is 0 Å². The van der Waals surface area contributed by atoms with Gasteiger partial charge < -0.3 is 9.47 Å². The number of carbonyl (C=O) groups is 1. The minimum absolute atomic E-state index is 0.384. The Kier molecular flexibility index (Phi) is 4.30. The normalized spacial score (nSPS) is 10.6. The van der Waals surface area contributed by atoms with Gasteiger partial charge in [0.2, 0.25) is 0 Å². The molecule has 1 heterocycles. The third-order valence-corrected chi connectivity index (χ3v) is 4.06. The van der Waals surface area contributed by atoms with Crippen LogP contribution in [0.15, 0.2) is 53.0 Å². The maximum atomic E-state index is 12.1. The molecule has 1 aromatic heterocycles. The summed E-state index contributed by atoms with van der Waals surface area (Å²) in [6.45, 7) is 0. The van der Waals surface area contributed by atoms with E-state index in [1.165, 1.54) is 7.11 Å². The number of nitrogens with zero attached hydrogens (tertiary/aromatic N) is 1. The first-order valence-corrected chi connectivity index (χ1v) is 7.74. The van der Waals surface area contributed by atoms with Crippen molar-refractivity contribution in [3.63, 3.8) is 0 Å². The molecule has 116 valence electrons. The number of halogens is 1. The second kappa shape index (κ2) is 6.38. The number of carbonyl (C=O) groups excluding carboxylic acids is 1. The van der Waals surface area contributed by atoms with Crippen molar-refractivity contribution in [2.24, 2.45) is 0 Å². The number of fused-ring (bicyclic) bond motifs is 1. The molecule has 0 N–H and O–H groups in total. The van der Waals surface area contributed by atoms with Crippen LogP contribution >= 0.6 is 15.9 Å². The summed E-state index contributed by atoms with van der Waals surface area (Å²) in [6.07, 6.45) is 0. The Morgan fingerprint density at radius 1 is 1.04 bits per heavy atom. The van der Waals surface area contributed by atoms with Gasteiger partial charge in [0, 0.05) is 15.4 Å². The van der Waals surface area contributed by atoms with E-state index in [0.29, 0.717) is 11.3 Å². The largest absolute Gasteiger partial charge is 0.497 e. The SMILES string of the molecule is COC(=O)c1cc(-c2ccc(OC)cc2)nc2ccc(Br)cc12. The summed E-state index contributed by atoms with van der Waals surface area (Å²) >= 11 is 3.42. The Morgan fingerprint density at radius 3 is 2.43 bits per heavy atom. The van der Waals surface area contributed by atoms with E-state index < -0.39 is 0 Å². The average molecular weight is 372 g/mol. The Labute approximate surface area is 142 Å². The lowest BCUT2D eigenvalue weighted by Gasteiger charge is -2.09. The van der Waals surface area contributed by atoms with E-state index in [1.807, 2.05) is 42.5 Å². The number of methoxy groups -OCH3 is 2. The molecule has 0 fully saturated rings. The molecule has 0 radical (unpaired) electrons. The van der Waals surface area contributed by atoms with Crippen LogP contribution in [0.4, 0.5) is 0 Å². The van der Waals surface area contributed by atoms with Crippen molar-refractivity contribution in [1.29, 1.82) is 0 Å². The lowest BCUT2D eigenvalue weighted by molar-refractivity contribution is 0.0603. The fraction of sp³-hybridized carbons (Fsp3) is 0.111. The highest BCUT2D eigenvalue weighted by Gasteiger charge is 2.14. The fourth-order valence-corrected chi connectivity index (χ4v) is 2.75. The predicted molar refractivity (Wildman–Crippen MR) is 92.8 cm³/mol. The zero-order chi connectivity index (χ0) is 16.4. The number of pyridine rings is 1. The molecule has 0 amide bonds. The molecular formula is C18H14BrNO3. The molecule has 0 saturated heterocycles. The molecule has 0 saturated carbocycles. The van der Waals surface area contributed by atoms with Crippen molar-refractivity contribution >= 4 is 32.8 Å². The lowest BCUT2D eigenvalue weighted by atomic mass is 10.0. The minimum atomic E-state index is -0.384. The topological polar surface area (TPSA) is 48.4 Å². The van der Waals surface area contributed by atoms with Gasteiger partial charge in [-0.25, -0.2) is 9.78 Å². The molecular weight excluding hydrogens is 358 g/mol. The monoisotopic (exact) mass is 371 g/mol. The van der Waals surface area contributed by atoms with Crippen LogP contribution < -0.4 is 4.74 Å². The quantitative estimate of drug-likeness (QED) is 0.637. The number of rotatable bonds is 3. The third-order valence-electron chi connectivity index (χ3n) is 3.56. The summed E-state index contributed by atoms with van der Waals surface area (Å²) in [5.41, 5.74) is 2.84. The summed E-state index contributed by atoms with van der Waals surface area (Å²) in [5.74, 6) is 0.386. The smallest absolute Gasteiger partial charge is 0.338 e. The lowest BCUT2D eigenvalue weighted by Crippen LogP contribution is -2.04. The Morgan fingerprint density at radius 2 is 1.78 bits per heavy atom. The van der Waals surface area contributed by atoms with Crippen LogP contribution in [0.25, 0.3) is 22.2 Å². The van der Waals surface area contributed by atoms with E-state index in [4.69, 9.17) is 9.47 Å². The summed E-state index contributed by atoms with van der Waals surface area (Å²) in [5, 5.41) is 0.753. The second-order valence-electron chi connectivity index (χ2n) is 4.94. The molecule has 0 aliphatic rings. The molecule has 2 aromatic carbocycles. The number of hydrogen-bond acceptors (Lipinski definition) is 4. The van der Waals surface area contributed by atoms with Gasteiger partial charge in [0.15, 0.2) is 0 Å². The van der Waals surface area contributed by atoms with Crippen molar-refractivity contribution in [3.05, 3.63) is 58.6 Å². The molecule has 0 aliphatic carbocycles. The first-order chi connectivity index (χ1) is 11.1. The van der Waals surface area contributed by atoms with Crippen LogP contribution in [0.5, 0.6) is 5.75 Å². The van der Waals surface area contributed by atoms with E-state index >= 15 is 0 Å². The maximum Gasteiger partial charge on any atom is 0.338 e. The number of ether oxygens (including phenoxy) is 2. The van der Waals surface area contributed by atoms with Crippen LogP contribution in [0.2, 0.25) is 0 Å². The van der Waals surface area contributed by atoms with Crippen molar-refractivity contribution in [2.75, 3.05) is 14.2 Å². The molecule has 0 aliphatic heterocycles. The molecule has 0 bridgehead atoms. The van der Waals surface area contributed by atoms with Crippen molar-refractivity contribution in [2.45, 2.75) is 0 Å². The van der Waals surface area contributed by atoms with E-state index in [1.54, 1.807) is 13.2 Å². The number of aromatic nitrogens is 1. The zero-order valence-electron chi connectivity index (χ0n) is 12.7. The predicted octanol–water partition coefficient (Wildman–Crippen LogP) is 4.46. The molecule has 3 rings (SSSR count). The first-order valence-electron chi connectivity index (χ1n) is 6.95. The van der Waals surface area contributed by atoms with Crippen molar-refractivity contribution < 1.29 is 14.3 Å². The van der Waals surface area contributed by atoms with Gasteiger partial charge in [0.25, 0.3) is 0 Å². The maximum absolute atomic E-state index is 12.1. The van der Waals surface area contributed by atoms with Crippen LogP contribution in [0.3, 0.4) is 0 Å². The molecule has 0 atom stereocenters. The standard InChI is InChI=1S/C18H14BrNO3/c1-22-13-6-3-11(4-7-13)17-10-15(18(21)23-2)14-9-12(19)5-8-16(14)20-17/h3-10H,1-2H3. The summed E-state index contributed by atoms with van der Waals surface area (Å²) in [6, 6.07) is 14.9. The van der Waals surface area contributed by atoms with Gasteiger partial charge in [-0.1, -0.05) is 15.9 Å². The Bertz CT molecular complexity index is 875. The van der Waals surface area contributed by atoms with Gasteiger partial charge in [-0.3, -0.25) is 0 Å². The van der Waals surface area contributed by atoms with Crippen LogP contribution in [0.1, 0.15) is 10.4 Å². The number of esters is 1. The summed E-state index contributed by atoms with van der Waals surface area (Å²) in [4.78, 5) is 16.8. The minimum Gasteiger partial charge on any atom is -0.497 e. The van der Waals surface area contributed by atoms with Crippen molar-refractivity contribution in [3.8, 4) is 17.0 Å². The van der Waals surface area contributed by atoms with Crippen molar-refractivity contribution in [1.82, 2.24) is 4.98 Å². The highest BCUT2D eigenvalue weighted by molar-refractivity contribution is 9.10. The molecule has 4 nitrogen and oxygen atoms in total. The molecule has 0 unspecified atom stereocenters. The van der Waals surface area contributed by atoms with Crippen LogP contribution in [-0.4, -0.2) is 25.2 Å². The third kappa shape index (κ3) is 3.05. The Hall–Kier alpha value is -2.40. The van der Waals surface area contributed by atoms with E-state index in [0.717, 1.165) is 26.7 Å². The number of benzene rings is 2. The summed E-state index contributed by atoms with van der Waals surface area (Å²) in [7, 11) is 3.00. The molecule has 0 spiro atoms. The highest BCUT2D eigenvalue weighted by Crippen LogP contribution is 2.28. The average Bonchev–Trinajstić information content (AvgIpc) is 2.60. The highest BCUT2D eigenvalue weighted by atomic mass is 79.9. The van der Waals surface area contributed by atoms with E-state index in [9.17, 15) is 4.79 Å². The molecule has 3 aromatic rings. The molecule has 5 heteroatoms. The van der Waals surface area contributed by atoms with E-state index in [-0.39, 0.29) is 5.97 Å². The fourth-order valence-electron chi connectivity index (χ4n) is 2.39.